The van der Waals surface area contributed by atoms with Crippen molar-refractivity contribution in [3.8, 4) is 5.75 Å². The monoisotopic (exact) mass is 255 g/mol. The summed E-state index contributed by atoms with van der Waals surface area (Å²) in [6.45, 7) is 0.597. The van der Waals surface area contributed by atoms with E-state index in [0.717, 1.165) is 16.8 Å². The normalized spacial score (nSPS) is 10.6. The third-order valence-electron chi connectivity index (χ3n) is 2.81. The second kappa shape index (κ2) is 4.93. The molecule has 0 aliphatic carbocycles. The van der Waals surface area contributed by atoms with E-state index in [1.807, 2.05) is 24.3 Å². The first-order valence-corrected chi connectivity index (χ1v) is 5.89. The lowest BCUT2D eigenvalue weighted by molar-refractivity contribution is 0.410. The van der Waals surface area contributed by atoms with E-state index >= 15 is 0 Å². The number of aromatic nitrogens is 4. The van der Waals surface area contributed by atoms with Crippen LogP contribution in [0.25, 0.3) is 11.2 Å². The molecule has 1 aromatic carbocycles. The van der Waals surface area contributed by atoms with E-state index < -0.39 is 0 Å². The maximum Gasteiger partial charge on any atom is 0.225 e. The van der Waals surface area contributed by atoms with Gasteiger partial charge in [-0.2, -0.15) is 4.98 Å². The standard InChI is InChI=1S/C13H13N5O/c1-19-11-5-3-2-4-9(11)6-14-13-15-7-10-12(18-13)17-8-16-10/h2-5,7-8H,6H2,1H3,(H2,14,15,16,17,18). The second-order valence-corrected chi connectivity index (χ2v) is 4.00. The van der Waals surface area contributed by atoms with Crippen LogP contribution in [-0.2, 0) is 6.54 Å². The molecule has 0 saturated heterocycles. The predicted octanol–water partition coefficient (Wildman–Crippen LogP) is 1.97. The number of benzene rings is 1. The molecule has 0 fully saturated rings. The van der Waals surface area contributed by atoms with Crippen molar-refractivity contribution in [1.29, 1.82) is 0 Å². The molecule has 96 valence electrons. The van der Waals surface area contributed by atoms with Crippen molar-refractivity contribution in [2.24, 2.45) is 0 Å². The lowest BCUT2D eigenvalue weighted by Gasteiger charge is -2.08. The van der Waals surface area contributed by atoms with Crippen LogP contribution in [0.15, 0.2) is 36.8 Å². The van der Waals surface area contributed by atoms with Gasteiger partial charge in [0.05, 0.1) is 19.6 Å². The summed E-state index contributed by atoms with van der Waals surface area (Å²) in [6.07, 6.45) is 3.31. The number of methoxy groups -OCH3 is 1. The molecule has 0 unspecified atom stereocenters. The molecule has 0 aliphatic rings. The molecule has 2 N–H and O–H groups in total. The maximum absolute atomic E-state index is 5.29. The Morgan fingerprint density at radius 2 is 2.16 bits per heavy atom. The number of H-pyrrole nitrogens is 1. The van der Waals surface area contributed by atoms with Gasteiger partial charge in [0.1, 0.15) is 11.3 Å². The van der Waals surface area contributed by atoms with Gasteiger partial charge in [0, 0.05) is 12.1 Å². The van der Waals surface area contributed by atoms with Gasteiger partial charge < -0.3 is 15.0 Å². The lowest BCUT2D eigenvalue weighted by Crippen LogP contribution is -2.04. The summed E-state index contributed by atoms with van der Waals surface area (Å²) in [4.78, 5) is 15.6. The minimum Gasteiger partial charge on any atom is -0.496 e. The van der Waals surface area contributed by atoms with Crippen LogP contribution in [0.3, 0.4) is 0 Å². The van der Waals surface area contributed by atoms with Gasteiger partial charge in [-0.05, 0) is 6.07 Å². The first-order valence-electron chi connectivity index (χ1n) is 5.89. The fraction of sp³-hybridized carbons (Fsp3) is 0.154. The van der Waals surface area contributed by atoms with Crippen LogP contribution in [0.2, 0.25) is 0 Å². The molecule has 3 rings (SSSR count). The molecular formula is C13H13N5O. The number of imidazole rings is 1. The minimum atomic E-state index is 0.547. The summed E-state index contributed by atoms with van der Waals surface area (Å²) in [5, 5.41) is 3.16. The maximum atomic E-state index is 5.29. The fourth-order valence-corrected chi connectivity index (χ4v) is 1.84. The SMILES string of the molecule is COc1ccccc1CNc1ncc2[nH]cnc2n1. The van der Waals surface area contributed by atoms with Crippen molar-refractivity contribution in [3.05, 3.63) is 42.4 Å². The largest absolute Gasteiger partial charge is 0.496 e. The van der Waals surface area contributed by atoms with Gasteiger partial charge in [-0.3, -0.25) is 0 Å². The molecule has 0 radical (unpaired) electrons. The van der Waals surface area contributed by atoms with Gasteiger partial charge >= 0.3 is 0 Å². The molecule has 0 spiro atoms. The number of hydrogen-bond acceptors (Lipinski definition) is 5. The average Bonchev–Trinajstić information content (AvgIpc) is 2.93. The highest BCUT2D eigenvalue weighted by atomic mass is 16.5. The van der Waals surface area contributed by atoms with E-state index in [4.69, 9.17) is 4.74 Å². The molecule has 19 heavy (non-hydrogen) atoms. The van der Waals surface area contributed by atoms with Crippen molar-refractivity contribution in [2.45, 2.75) is 6.54 Å². The minimum absolute atomic E-state index is 0.547. The Morgan fingerprint density at radius 3 is 3.05 bits per heavy atom. The molecule has 0 aliphatic heterocycles. The quantitative estimate of drug-likeness (QED) is 0.745. The molecule has 0 bridgehead atoms. The summed E-state index contributed by atoms with van der Waals surface area (Å²) >= 11 is 0. The average molecular weight is 255 g/mol. The molecule has 3 aromatic rings. The summed E-state index contributed by atoms with van der Waals surface area (Å²) in [5.74, 6) is 1.39. The molecule has 2 heterocycles. The van der Waals surface area contributed by atoms with Gasteiger partial charge in [0.25, 0.3) is 0 Å². The zero-order chi connectivity index (χ0) is 13.1. The Balaban J connectivity index is 1.78. The van der Waals surface area contributed by atoms with Crippen LogP contribution >= 0.6 is 0 Å². The number of nitrogens with one attached hydrogen (secondary N) is 2. The first-order chi connectivity index (χ1) is 9.36. The Bertz CT molecular complexity index is 694. The number of hydrogen-bond donors (Lipinski definition) is 2. The highest BCUT2D eigenvalue weighted by Gasteiger charge is 2.04. The van der Waals surface area contributed by atoms with E-state index in [-0.39, 0.29) is 0 Å². The van der Waals surface area contributed by atoms with E-state index in [2.05, 4.69) is 25.3 Å². The number of ether oxygens (including phenoxy) is 1. The summed E-state index contributed by atoms with van der Waals surface area (Å²) in [6, 6.07) is 7.83. The Morgan fingerprint density at radius 1 is 1.26 bits per heavy atom. The van der Waals surface area contributed by atoms with E-state index in [1.54, 1.807) is 19.6 Å². The summed E-state index contributed by atoms with van der Waals surface area (Å²) in [5.41, 5.74) is 2.52. The Labute approximate surface area is 109 Å². The molecular weight excluding hydrogens is 242 g/mol. The third-order valence-corrected chi connectivity index (χ3v) is 2.81. The van der Waals surface area contributed by atoms with Crippen molar-refractivity contribution < 1.29 is 4.74 Å². The van der Waals surface area contributed by atoms with E-state index in [1.165, 1.54) is 0 Å². The smallest absolute Gasteiger partial charge is 0.225 e. The van der Waals surface area contributed by atoms with Gasteiger partial charge in [-0.1, -0.05) is 18.2 Å². The first kappa shape index (κ1) is 11.5. The Hall–Kier alpha value is -2.63. The zero-order valence-corrected chi connectivity index (χ0v) is 10.4. The van der Waals surface area contributed by atoms with Crippen molar-refractivity contribution in [1.82, 2.24) is 19.9 Å². The number of rotatable bonds is 4. The van der Waals surface area contributed by atoms with Gasteiger partial charge in [-0.25, -0.2) is 9.97 Å². The lowest BCUT2D eigenvalue weighted by atomic mass is 10.2. The predicted molar refractivity (Wildman–Crippen MR) is 72.0 cm³/mol. The zero-order valence-electron chi connectivity index (χ0n) is 10.4. The number of para-hydroxylation sites is 1. The Kier molecular flexibility index (Phi) is 2.97. The van der Waals surface area contributed by atoms with E-state index in [9.17, 15) is 0 Å². The van der Waals surface area contributed by atoms with Crippen molar-refractivity contribution in [3.63, 3.8) is 0 Å². The van der Waals surface area contributed by atoms with Gasteiger partial charge in [0.15, 0.2) is 5.65 Å². The number of nitrogens with zero attached hydrogens (tertiary/aromatic N) is 3. The van der Waals surface area contributed by atoms with Gasteiger partial charge in [-0.15, -0.1) is 0 Å². The van der Waals surface area contributed by atoms with E-state index in [0.29, 0.717) is 18.1 Å². The van der Waals surface area contributed by atoms with Crippen LogP contribution in [0.1, 0.15) is 5.56 Å². The van der Waals surface area contributed by atoms with Crippen LogP contribution in [0.5, 0.6) is 5.75 Å². The number of anilines is 1. The van der Waals surface area contributed by atoms with Crippen molar-refractivity contribution in [2.75, 3.05) is 12.4 Å². The summed E-state index contributed by atoms with van der Waals surface area (Å²) < 4.78 is 5.29. The topological polar surface area (TPSA) is 75.7 Å². The molecule has 0 amide bonds. The fourth-order valence-electron chi connectivity index (χ4n) is 1.84. The van der Waals surface area contributed by atoms with Gasteiger partial charge in [0.2, 0.25) is 5.95 Å². The molecule has 6 heteroatoms. The second-order valence-electron chi connectivity index (χ2n) is 4.00. The molecule has 0 atom stereocenters. The number of fused-ring (bicyclic) bond motifs is 1. The summed E-state index contributed by atoms with van der Waals surface area (Å²) in [7, 11) is 1.66. The molecule has 2 aromatic heterocycles. The number of aromatic amines is 1. The third kappa shape index (κ3) is 2.33. The highest BCUT2D eigenvalue weighted by Crippen LogP contribution is 2.18. The van der Waals surface area contributed by atoms with Crippen LogP contribution in [0, 0.1) is 0 Å². The molecule has 6 nitrogen and oxygen atoms in total. The van der Waals surface area contributed by atoms with Crippen LogP contribution in [0.4, 0.5) is 5.95 Å². The highest BCUT2D eigenvalue weighted by molar-refractivity contribution is 5.69. The van der Waals surface area contributed by atoms with Crippen molar-refractivity contribution >= 4 is 17.1 Å². The van der Waals surface area contributed by atoms with Crippen LogP contribution in [-0.4, -0.2) is 27.0 Å². The van der Waals surface area contributed by atoms with Crippen LogP contribution < -0.4 is 10.1 Å². The molecule has 0 saturated carbocycles.